The minimum absolute atomic E-state index is 0.0647. The summed E-state index contributed by atoms with van der Waals surface area (Å²) >= 11 is 1.52. The molecule has 0 radical (unpaired) electrons. The number of hydrogen-bond acceptors (Lipinski definition) is 8. The van der Waals surface area contributed by atoms with Crippen molar-refractivity contribution in [3.63, 3.8) is 0 Å². The Kier molecular flexibility index (Phi) is 12.8. The zero-order chi connectivity index (χ0) is 35.1. The Morgan fingerprint density at radius 2 is 1.55 bits per heavy atom. The maximum absolute atomic E-state index is 14.6. The van der Waals surface area contributed by atoms with Crippen LogP contribution in [0.25, 0.3) is 0 Å². The molecule has 1 fully saturated rings. The van der Waals surface area contributed by atoms with Gasteiger partial charge in [0.25, 0.3) is 0 Å². The standard InChI is InChI=1S/C36H51N3O7S/c1-22-14-13-17-25(30(22)40)29(31(41)37-27(33(43)45-35(3,4)5)21-24-15-11-10-12-16-24)39(28-20-23(28)2)32(42)26(18-19-47-9)38-34(44)46-36(6,7)8/h10-17,23,26-29,40H,18-21H2,1-9H3,(H,37,41)(H,38,44). The van der Waals surface area contributed by atoms with Crippen LogP contribution in [0.3, 0.4) is 0 Å². The first kappa shape index (κ1) is 37.7. The molecule has 0 bridgehead atoms. The van der Waals surface area contributed by atoms with Gasteiger partial charge in [-0.25, -0.2) is 9.59 Å². The number of phenols is 1. The van der Waals surface area contributed by atoms with Crippen LogP contribution >= 0.6 is 11.8 Å². The van der Waals surface area contributed by atoms with E-state index in [2.05, 4.69) is 10.6 Å². The van der Waals surface area contributed by atoms with Gasteiger partial charge in [-0.1, -0.05) is 55.5 Å². The molecule has 3 amide bonds. The lowest BCUT2D eigenvalue weighted by Crippen LogP contribution is -2.56. The summed E-state index contributed by atoms with van der Waals surface area (Å²) < 4.78 is 11.2. The van der Waals surface area contributed by atoms with Gasteiger partial charge >= 0.3 is 12.1 Å². The predicted octanol–water partition coefficient (Wildman–Crippen LogP) is 5.69. The van der Waals surface area contributed by atoms with E-state index in [1.165, 1.54) is 16.7 Å². The van der Waals surface area contributed by atoms with Crippen LogP contribution in [0.5, 0.6) is 5.75 Å². The largest absolute Gasteiger partial charge is 0.507 e. The van der Waals surface area contributed by atoms with Crippen molar-refractivity contribution in [1.82, 2.24) is 15.5 Å². The number of ether oxygens (including phenoxy) is 2. The highest BCUT2D eigenvalue weighted by atomic mass is 32.2. The van der Waals surface area contributed by atoms with Crippen molar-refractivity contribution >= 4 is 35.6 Å². The second-order valence-electron chi connectivity index (χ2n) is 14.2. The maximum atomic E-state index is 14.6. The number of esters is 1. The molecule has 258 valence electrons. The first-order chi connectivity index (χ1) is 21.9. The Hall–Kier alpha value is -3.73. The van der Waals surface area contributed by atoms with Crippen LogP contribution in [0, 0.1) is 12.8 Å². The summed E-state index contributed by atoms with van der Waals surface area (Å²) in [6.45, 7) is 14.2. The van der Waals surface area contributed by atoms with Gasteiger partial charge < -0.3 is 30.1 Å². The number of nitrogens with one attached hydrogen (secondary N) is 2. The summed E-state index contributed by atoms with van der Waals surface area (Å²) in [7, 11) is 0. The first-order valence-corrected chi connectivity index (χ1v) is 17.5. The van der Waals surface area contributed by atoms with Crippen LogP contribution in [0.4, 0.5) is 4.79 Å². The number of carbonyl (C=O) groups excluding carboxylic acids is 4. The SMILES string of the molecule is CSCCC(NC(=O)OC(C)(C)C)C(=O)N(C(C(=O)NC(Cc1ccccc1)C(=O)OC(C)(C)C)c1cccc(C)c1O)C1CC1C. The molecule has 0 saturated heterocycles. The molecule has 2 aromatic rings. The molecule has 0 heterocycles. The number of para-hydroxylation sites is 1. The topological polar surface area (TPSA) is 134 Å². The van der Waals surface area contributed by atoms with Gasteiger partial charge in [0.1, 0.15) is 35.1 Å². The third kappa shape index (κ3) is 11.2. The number of alkyl carbamates (subject to hydrolysis) is 1. The number of phenolic OH excluding ortho intramolecular Hbond substituents is 1. The van der Waals surface area contributed by atoms with Gasteiger partial charge in [-0.2, -0.15) is 11.8 Å². The Morgan fingerprint density at radius 1 is 0.936 bits per heavy atom. The van der Waals surface area contributed by atoms with Crippen LogP contribution in [0.15, 0.2) is 48.5 Å². The van der Waals surface area contributed by atoms with Crippen LogP contribution in [-0.2, 0) is 30.3 Å². The smallest absolute Gasteiger partial charge is 0.408 e. The molecule has 1 saturated carbocycles. The van der Waals surface area contributed by atoms with E-state index in [4.69, 9.17) is 9.47 Å². The van der Waals surface area contributed by atoms with E-state index in [0.29, 0.717) is 24.2 Å². The van der Waals surface area contributed by atoms with Gasteiger partial charge in [-0.05, 0) is 90.4 Å². The average molecular weight is 670 g/mol. The van der Waals surface area contributed by atoms with Crippen LogP contribution in [-0.4, -0.2) is 75.2 Å². The molecular formula is C36H51N3O7S. The lowest BCUT2D eigenvalue weighted by atomic mass is 9.97. The summed E-state index contributed by atoms with van der Waals surface area (Å²) in [5.74, 6) is -1.25. The van der Waals surface area contributed by atoms with Crippen molar-refractivity contribution < 1.29 is 33.8 Å². The van der Waals surface area contributed by atoms with Gasteiger partial charge in [0.2, 0.25) is 11.8 Å². The Labute approximate surface area is 283 Å². The van der Waals surface area contributed by atoms with Crippen molar-refractivity contribution in [2.45, 2.75) is 110 Å². The number of benzene rings is 2. The summed E-state index contributed by atoms with van der Waals surface area (Å²) in [6, 6.07) is 10.6. The van der Waals surface area contributed by atoms with Crippen LogP contribution < -0.4 is 10.6 Å². The van der Waals surface area contributed by atoms with Gasteiger partial charge in [0.15, 0.2) is 0 Å². The molecule has 1 aliphatic rings. The lowest BCUT2D eigenvalue weighted by molar-refractivity contribution is -0.159. The Bertz CT molecular complexity index is 1400. The lowest BCUT2D eigenvalue weighted by Gasteiger charge is -2.36. The fraction of sp³-hybridized carbons (Fsp3) is 0.556. The molecule has 0 aliphatic heterocycles. The highest BCUT2D eigenvalue weighted by Gasteiger charge is 2.49. The normalized spacial score (nSPS) is 17.9. The number of aromatic hydroxyl groups is 1. The number of rotatable bonds is 13. The summed E-state index contributed by atoms with van der Waals surface area (Å²) in [6.07, 6.45) is 2.23. The van der Waals surface area contributed by atoms with E-state index >= 15 is 0 Å². The van der Waals surface area contributed by atoms with Crippen LogP contribution in [0.2, 0.25) is 0 Å². The molecule has 1 aliphatic carbocycles. The second-order valence-corrected chi connectivity index (χ2v) is 15.2. The molecule has 3 rings (SSSR count). The van der Waals surface area contributed by atoms with E-state index in [1.807, 2.05) is 43.5 Å². The van der Waals surface area contributed by atoms with E-state index in [-0.39, 0.29) is 29.7 Å². The average Bonchev–Trinajstić information content (AvgIpc) is 3.69. The molecule has 2 aromatic carbocycles. The van der Waals surface area contributed by atoms with E-state index in [0.717, 1.165) is 5.56 Å². The van der Waals surface area contributed by atoms with Gasteiger partial charge in [0.05, 0.1) is 0 Å². The molecule has 0 spiro atoms. The first-order valence-electron chi connectivity index (χ1n) is 16.1. The quantitative estimate of drug-likeness (QED) is 0.232. The number of hydrogen-bond donors (Lipinski definition) is 3. The molecule has 11 heteroatoms. The number of nitrogens with zero attached hydrogens (tertiary/aromatic N) is 1. The number of carbonyl (C=O) groups is 4. The Morgan fingerprint density at radius 3 is 2.11 bits per heavy atom. The van der Waals surface area contributed by atoms with Crippen molar-refractivity contribution in [3.8, 4) is 5.75 Å². The highest BCUT2D eigenvalue weighted by Crippen LogP contribution is 2.43. The number of amides is 3. The minimum atomic E-state index is -1.31. The van der Waals surface area contributed by atoms with Crippen molar-refractivity contribution in [1.29, 1.82) is 0 Å². The molecule has 0 aromatic heterocycles. The molecular weight excluding hydrogens is 618 g/mol. The van der Waals surface area contributed by atoms with Crippen LogP contribution in [0.1, 0.15) is 84.0 Å². The fourth-order valence-electron chi connectivity index (χ4n) is 5.28. The molecule has 3 N–H and O–H groups in total. The van der Waals surface area contributed by atoms with Gasteiger partial charge in [-0.15, -0.1) is 0 Å². The fourth-order valence-corrected chi connectivity index (χ4v) is 5.75. The van der Waals surface area contributed by atoms with Gasteiger partial charge in [0, 0.05) is 18.0 Å². The van der Waals surface area contributed by atoms with E-state index in [9.17, 15) is 24.3 Å². The summed E-state index contributed by atoms with van der Waals surface area (Å²) in [5.41, 5.74) is -0.0451. The zero-order valence-corrected chi connectivity index (χ0v) is 29.9. The minimum Gasteiger partial charge on any atom is -0.507 e. The maximum Gasteiger partial charge on any atom is 0.408 e. The van der Waals surface area contributed by atoms with Crippen molar-refractivity contribution in [2.24, 2.45) is 5.92 Å². The highest BCUT2D eigenvalue weighted by molar-refractivity contribution is 7.98. The predicted molar refractivity (Wildman–Crippen MR) is 184 cm³/mol. The summed E-state index contributed by atoms with van der Waals surface area (Å²) in [4.78, 5) is 57.1. The second kappa shape index (κ2) is 15.9. The van der Waals surface area contributed by atoms with E-state index < -0.39 is 53.2 Å². The third-order valence-corrected chi connectivity index (χ3v) is 8.30. The number of thioether (sulfide) groups is 1. The number of aryl methyl sites for hydroxylation is 1. The molecule has 47 heavy (non-hydrogen) atoms. The van der Waals surface area contributed by atoms with E-state index in [1.54, 1.807) is 66.7 Å². The Balaban J connectivity index is 2.10. The zero-order valence-electron chi connectivity index (χ0n) is 29.1. The summed E-state index contributed by atoms with van der Waals surface area (Å²) in [5, 5.41) is 16.9. The van der Waals surface area contributed by atoms with Crippen molar-refractivity contribution in [3.05, 3.63) is 65.2 Å². The van der Waals surface area contributed by atoms with Gasteiger partial charge in [-0.3, -0.25) is 9.59 Å². The molecule has 10 nitrogen and oxygen atoms in total. The molecule has 5 unspecified atom stereocenters. The monoisotopic (exact) mass is 669 g/mol. The third-order valence-electron chi connectivity index (χ3n) is 7.66. The molecule has 5 atom stereocenters. The van der Waals surface area contributed by atoms with Crippen molar-refractivity contribution in [2.75, 3.05) is 12.0 Å².